The summed E-state index contributed by atoms with van der Waals surface area (Å²) in [7, 11) is 0. The molecule has 4 heteroatoms. The number of anilines is 1. The second-order valence-corrected chi connectivity index (χ2v) is 4.87. The molecule has 1 rings (SSSR count). The van der Waals surface area contributed by atoms with Crippen LogP contribution in [-0.4, -0.2) is 11.7 Å². The number of carbonyl (C=O) groups is 1. The largest absolute Gasteiger partial charge is 0.444 e. The monoisotopic (exact) mass is 235 g/mol. The van der Waals surface area contributed by atoms with Crippen LogP contribution in [0.2, 0.25) is 0 Å². The Kier molecular flexibility index (Phi) is 3.99. The van der Waals surface area contributed by atoms with Gasteiger partial charge in [0.25, 0.3) is 0 Å². The highest BCUT2D eigenvalue weighted by Crippen LogP contribution is 2.15. The lowest BCUT2D eigenvalue weighted by atomic mass is 10.1. The summed E-state index contributed by atoms with van der Waals surface area (Å²) >= 11 is 0. The molecule has 1 aromatic rings. The number of hydrogen-bond donors (Lipinski definition) is 2. The Morgan fingerprint density at radius 1 is 1.35 bits per heavy atom. The number of alkyl carbamates (subject to hydrolysis) is 1. The van der Waals surface area contributed by atoms with Crippen LogP contribution in [0.25, 0.3) is 0 Å². The number of nitrogens with one attached hydrogen (secondary N) is 1. The van der Waals surface area contributed by atoms with E-state index in [0.29, 0.717) is 5.69 Å². The number of nitrogens with two attached hydrogens (primary N) is 1. The van der Waals surface area contributed by atoms with E-state index in [2.05, 4.69) is 12.2 Å². The number of hydrogen-bond acceptors (Lipinski definition) is 3. The summed E-state index contributed by atoms with van der Waals surface area (Å²) < 4.78 is 5.14. The van der Waals surface area contributed by atoms with E-state index in [9.17, 15) is 4.79 Å². The van der Waals surface area contributed by atoms with Crippen LogP contribution < -0.4 is 11.1 Å². The van der Waals surface area contributed by atoms with E-state index < -0.39 is 11.7 Å². The molecule has 93 valence electrons. The van der Waals surface area contributed by atoms with Crippen LogP contribution in [0.1, 0.15) is 32.4 Å². The van der Waals surface area contributed by atoms with Crippen molar-refractivity contribution in [1.82, 2.24) is 5.32 Å². The third-order valence-electron chi connectivity index (χ3n) is 2.03. The zero-order valence-corrected chi connectivity index (χ0v) is 10.5. The molecule has 1 aromatic carbocycles. The summed E-state index contributed by atoms with van der Waals surface area (Å²) in [5, 5.41) is 2.66. The lowest BCUT2D eigenvalue weighted by Gasteiger charge is -2.22. The van der Waals surface area contributed by atoms with E-state index in [0.717, 1.165) is 5.56 Å². The predicted molar refractivity (Wildman–Crippen MR) is 68.3 cm³/mol. The maximum Gasteiger partial charge on any atom is 0.408 e. The van der Waals surface area contributed by atoms with Gasteiger partial charge in [0.15, 0.2) is 0 Å². The summed E-state index contributed by atoms with van der Waals surface area (Å²) in [6.07, 6.45) is -0.477. The highest BCUT2D eigenvalue weighted by atomic mass is 16.6. The SMILES string of the molecule is [CH2]C(NC(=O)OC(C)(C)C)c1ccc(N)cc1. The van der Waals surface area contributed by atoms with E-state index >= 15 is 0 Å². The van der Waals surface area contributed by atoms with Gasteiger partial charge in [0, 0.05) is 5.69 Å². The topological polar surface area (TPSA) is 64.3 Å². The Morgan fingerprint density at radius 2 is 1.88 bits per heavy atom. The molecule has 1 atom stereocenters. The molecular formula is C13H19N2O2. The third-order valence-corrected chi connectivity index (χ3v) is 2.03. The molecule has 0 heterocycles. The first-order valence-corrected chi connectivity index (χ1v) is 5.46. The Bertz CT molecular complexity index is 379. The highest BCUT2D eigenvalue weighted by Gasteiger charge is 2.18. The fraction of sp³-hybridized carbons (Fsp3) is 0.385. The molecule has 0 saturated carbocycles. The molecule has 0 bridgehead atoms. The van der Waals surface area contributed by atoms with E-state index in [1.54, 1.807) is 12.1 Å². The summed E-state index contributed by atoms with van der Waals surface area (Å²) in [6.45, 7) is 9.30. The van der Waals surface area contributed by atoms with Gasteiger partial charge < -0.3 is 15.8 Å². The first-order chi connectivity index (χ1) is 7.78. The standard InChI is InChI=1S/C13H19N2O2/c1-9(10-5-7-11(14)8-6-10)15-12(16)17-13(2,3)4/h5-9H,1,14H2,2-4H3,(H,15,16). The molecule has 4 nitrogen and oxygen atoms in total. The highest BCUT2D eigenvalue weighted by molar-refractivity contribution is 5.68. The minimum atomic E-state index is -0.509. The summed E-state index contributed by atoms with van der Waals surface area (Å²) in [5.41, 5.74) is 6.63. The van der Waals surface area contributed by atoms with Crippen LogP contribution in [0.15, 0.2) is 24.3 Å². The zero-order valence-electron chi connectivity index (χ0n) is 10.5. The molecule has 0 saturated heterocycles. The lowest BCUT2D eigenvalue weighted by Crippen LogP contribution is -2.34. The predicted octanol–water partition coefficient (Wildman–Crippen LogP) is 2.67. The van der Waals surface area contributed by atoms with Gasteiger partial charge in [0.2, 0.25) is 0 Å². The summed E-state index contributed by atoms with van der Waals surface area (Å²) in [5.74, 6) is 0. The number of benzene rings is 1. The second-order valence-electron chi connectivity index (χ2n) is 4.87. The first kappa shape index (κ1) is 13.4. The smallest absolute Gasteiger partial charge is 0.408 e. The minimum absolute atomic E-state index is 0.356. The van der Waals surface area contributed by atoms with E-state index in [1.165, 1.54) is 0 Å². The summed E-state index contributed by atoms with van der Waals surface area (Å²) in [6, 6.07) is 6.83. The fourth-order valence-electron chi connectivity index (χ4n) is 1.26. The van der Waals surface area contributed by atoms with Gasteiger partial charge in [-0.25, -0.2) is 4.79 Å². The van der Waals surface area contributed by atoms with Gasteiger partial charge in [0.05, 0.1) is 6.04 Å². The van der Waals surface area contributed by atoms with Gasteiger partial charge in [-0.2, -0.15) is 0 Å². The molecule has 0 spiro atoms. The van der Waals surface area contributed by atoms with Gasteiger partial charge in [-0.15, -0.1) is 0 Å². The molecule has 3 N–H and O–H groups in total. The normalized spacial score (nSPS) is 12.9. The molecule has 1 amide bonds. The second kappa shape index (κ2) is 5.08. The Balaban J connectivity index is 2.57. The minimum Gasteiger partial charge on any atom is -0.444 e. The Morgan fingerprint density at radius 3 is 2.35 bits per heavy atom. The molecule has 0 fully saturated rings. The van der Waals surface area contributed by atoms with Crippen LogP contribution in [0.4, 0.5) is 10.5 Å². The van der Waals surface area contributed by atoms with Crippen LogP contribution >= 0.6 is 0 Å². The zero-order chi connectivity index (χ0) is 13.1. The average Bonchev–Trinajstić information content (AvgIpc) is 2.15. The van der Waals surface area contributed by atoms with Crippen LogP contribution in [0.3, 0.4) is 0 Å². The van der Waals surface area contributed by atoms with Crippen LogP contribution in [0, 0.1) is 6.92 Å². The fourth-order valence-corrected chi connectivity index (χ4v) is 1.26. The van der Waals surface area contributed by atoms with Crippen molar-refractivity contribution in [2.75, 3.05) is 5.73 Å². The number of nitrogen functional groups attached to an aromatic ring is 1. The first-order valence-electron chi connectivity index (χ1n) is 5.46. The Labute approximate surface area is 102 Å². The van der Waals surface area contributed by atoms with Gasteiger partial charge >= 0.3 is 6.09 Å². The number of ether oxygens (including phenoxy) is 1. The summed E-state index contributed by atoms with van der Waals surface area (Å²) in [4.78, 5) is 11.5. The van der Waals surface area contributed by atoms with Gasteiger partial charge in [0.1, 0.15) is 5.60 Å². The third kappa shape index (κ3) is 4.76. The van der Waals surface area contributed by atoms with Gasteiger partial charge in [-0.1, -0.05) is 12.1 Å². The maximum atomic E-state index is 11.5. The van der Waals surface area contributed by atoms with Crippen molar-refractivity contribution in [3.63, 3.8) is 0 Å². The van der Waals surface area contributed by atoms with Gasteiger partial charge in [-0.3, -0.25) is 0 Å². The quantitative estimate of drug-likeness (QED) is 0.774. The molecular weight excluding hydrogens is 216 g/mol. The average molecular weight is 235 g/mol. The lowest BCUT2D eigenvalue weighted by molar-refractivity contribution is 0.0513. The van der Waals surface area contributed by atoms with E-state index in [1.807, 2.05) is 32.9 Å². The number of rotatable bonds is 2. The van der Waals surface area contributed by atoms with Crippen molar-refractivity contribution in [3.05, 3.63) is 36.8 Å². The molecule has 0 aliphatic carbocycles. The van der Waals surface area contributed by atoms with Crippen LogP contribution in [-0.2, 0) is 4.74 Å². The van der Waals surface area contributed by atoms with Crippen molar-refractivity contribution in [2.45, 2.75) is 32.4 Å². The van der Waals surface area contributed by atoms with Crippen LogP contribution in [0.5, 0.6) is 0 Å². The van der Waals surface area contributed by atoms with Crippen molar-refractivity contribution in [3.8, 4) is 0 Å². The van der Waals surface area contributed by atoms with E-state index in [4.69, 9.17) is 10.5 Å². The van der Waals surface area contributed by atoms with E-state index in [-0.39, 0.29) is 6.04 Å². The van der Waals surface area contributed by atoms with Crippen molar-refractivity contribution < 1.29 is 9.53 Å². The molecule has 1 unspecified atom stereocenters. The van der Waals surface area contributed by atoms with Gasteiger partial charge in [-0.05, 0) is 45.4 Å². The molecule has 1 radical (unpaired) electrons. The van der Waals surface area contributed by atoms with Crippen molar-refractivity contribution in [2.24, 2.45) is 0 Å². The molecule has 0 aliphatic rings. The maximum absolute atomic E-state index is 11.5. The van der Waals surface area contributed by atoms with Crippen molar-refractivity contribution in [1.29, 1.82) is 0 Å². The van der Waals surface area contributed by atoms with Crippen molar-refractivity contribution >= 4 is 11.8 Å². The molecule has 0 aromatic heterocycles. The molecule has 0 aliphatic heterocycles. The number of amides is 1. The molecule has 17 heavy (non-hydrogen) atoms. The number of carbonyl (C=O) groups excluding carboxylic acids is 1. The Hall–Kier alpha value is -1.71.